The van der Waals surface area contributed by atoms with Crippen LogP contribution in [0.25, 0.3) is 11.0 Å². The number of sulfonamides is 1. The Labute approximate surface area is 272 Å². The molecule has 3 heterocycles. The van der Waals surface area contributed by atoms with Gasteiger partial charge in [-0.2, -0.15) is 11.3 Å². The number of ether oxygens (including phenoxy) is 1. The molecule has 1 amide bonds. The number of furan rings is 1. The molecule has 0 radical (unpaired) electrons. The summed E-state index contributed by atoms with van der Waals surface area (Å²) in [6, 6.07) is 23.8. The van der Waals surface area contributed by atoms with Crippen molar-refractivity contribution >= 4 is 55.6 Å². The van der Waals surface area contributed by atoms with Crippen molar-refractivity contribution in [1.29, 1.82) is 0 Å². The number of carbonyl (C=O) groups excluding carboxylic acids is 2. The molecule has 6 rings (SSSR count). The highest BCUT2D eigenvalue weighted by molar-refractivity contribution is 7.92. The summed E-state index contributed by atoms with van der Waals surface area (Å²) in [6.07, 6.45) is 0.497. The average molecular weight is 658 g/mol. The van der Waals surface area contributed by atoms with Gasteiger partial charge in [0.1, 0.15) is 5.58 Å². The van der Waals surface area contributed by atoms with E-state index in [9.17, 15) is 18.0 Å². The number of nitrogens with zero attached hydrogens (tertiary/aromatic N) is 3. The normalized spacial score (nSPS) is 13.6. The number of fused-ring (bicyclic) bond motifs is 1. The van der Waals surface area contributed by atoms with Gasteiger partial charge in [0, 0.05) is 49.1 Å². The first-order chi connectivity index (χ1) is 22.3. The quantitative estimate of drug-likeness (QED) is 0.161. The molecule has 0 N–H and O–H groups in total. The molecule has 0 atom stereocenters. The standard InChI is InChI=1S/C35H35N3O6S2/c1-3-43-35(40)33-25(2)29-23-28(13-14-32(29)44-33)46(41,42)38(17-15-26-9-5-4-6-10-26)31-12-8-7-11-30(31)36-18-20-37(21-19-36)34(39)27-16-22-45-24-27/h4-14,16,22-24H,3,15,17-21H2,1-2H3. The summed E-state index contributed by atoms with van der Waals surface area (Å²) in [5.41, 5.74) is 3.98. The molecule has 2 aromatic heterocycles. The lowest BCUT2D eigenvalue weighted by Gasteiger charge is -2.38. The maximum Gasteiger partial charge on any atom is 0.374 e. The molecule has 9 nitrogen and oxygen atoms in total. The Kier molecular flexibility index (Phi) is 9.14. The summed E-state index contributed by atoms with van der Waals surface area (Å²) in [5.74, 6) is -0.511. The number of anilines is 2. The summed E-state index contributed by atoms with van der Waals surface area (Å²) in [5, 5.41) is 4.29. The molecule has 0 saturated carbocycles. The molecule has 5 aromatic rings. The second-order valence-corrected chi connectivity index (χ2v) is 13.7. The lowest BCUT2D eigenvalue weighted by atomic mass is 10.1. The number of piperazine rings is 1. The number of esters is 1. The van der Waals surface area contributed by atoms with Crippen LogP contribution in [0, 0.1) is 6.92 Å². The summed E-state index contributed by atoms with van der Waals surface area (Å²) in [7, 11) is -4.08. The number of hydrogen-bond donors (Lipinski definition) is 0. The molecule has 3 aromatic carbocycles. The van der Waals surface area contributed by atoms with Gasteiger partial charge in [0.05, 0.1) is 28.4 Å². The van der Waals surface area contributed by atoms with Gasteiger partial charge in [0.15, 0.2) is 0 Å². The first-order valence-corrected chi connectivity index (χ1v) is 17.6. The van der Waals surface area contributed by atoms with Crippen molar-refractivity contribution in [3.8, 4) is 0 Å². The third-order valence-corrected chi connectivity index (χ3v) is 10.7. The molecular weight excluding hydrogens is 623 g/mol. The van der Waals surface area contributed by atoms with Crippen LogP contribution < -0.4 is 9.21 Å². The predicted octanol–water partition coefficient (Wildman–Crippen LogP) is 6.38. The van der Waals surface area contributed by atoms with Crippen LogP contribution in [-0.2, 0) is 21.2 Å². The Morgan fingerprint density at radius 3 is 2.41 bits per heavy atom. The van der Waals surface area contributed by atoms with E-state index in [0.29, 0.717) is 60.4 Å². The minimum absolute atomic E-state index is 0.0114. The topological polar surface area (TPSA) is 100 Å². The maximum absolute atomic E-state index is 14.6. The molecule has 1 fully saturated rings. The molecule has 0 aliphatic carbocycles. The number of hydrogen-bond acceptors (Lipinski definition) is 8. The lowest BCUT2D eigenvalue weighted by molar-refractivity contribution is 0.0491. The Bertz CT molecular complexity index is 1950. The van der Waals surface area contributed by atoms with E-state index in [0.717, 1.165) is 11.3 Å². The van der Waals surface area contributed by atoms with Gasteiger partial charge in [-0.25, -0.2) is 13.2 Å². The van der Waals surface area contributed by atoms with Gasteiger partial charge in [0.2, 0.25) is 5.76 Å². The summed E-state index contributed by atoms with van der Waals surface area (Å²) >= 11 is 1.50. The van der Waals surface area contributed by atoms with Crippen LogP contribution in [0.15, 0.2) is 98.9 Å². The molecule has 11 heteroatoms. The summed E-state index contributed by atoms with van der Waals surface area (Å²) in [6.45, 7) is 6.03. The number of thiophene rings is 1. The van der Waals surface area contributed by atoms with Gasteiger partial charge >= 0.3 is 5.97 Å². The van der Waals surface area contributed by atoms with Gasteiger partial charge in [-0.05, 0) is 67.6 Å². The van der Waals surface area contributed by atoms with Gasteiger partial charge in [0.25, 0.3) is 15.9 Å². The van der Waals surface area contributed by atoms with Crippen molar-refractivity contribution < 1.29 is 27.2 Å². The van der Waals surface area contributed by atoms with Crippen molar-refractivity contribution in [2.24, 2.45) is 0 Å². The second-order valence-electron chi connectivity index (χ2n) is 11.0. The Morgan fingerprint density at radius 2 is 1.70 bits per heavy atom. The Hall–Kier alpha value is -4.61. The monoisotopic (exact) mass is 657 g/mol. The number of carbonyl (C=O) groups is 2. The first kappa shape index (κ1) is 31.4. The van der Waals surface area contributed by atoms with E-state index < -0.39 is 16.0 Å². The minimum atomic E-state index is -4.08. The molecular formula is C35H35N3O6S2. The molecule has 1 aliphatic heterocycles. The average Bonchev–Trinajstić information content (AvgIpc) is 3.74. The molecule has 46 heavy (non-hydrogen) atoms. The van der Waals surface area contributed by atoms with Gasteiger partial charge in [-0.1, -0.05) is 42.5 Å². The maximum atomic E-state index is 14.6. The summed E-state index contributed by atoms with van der Waals surface area (Å²) in [4.78, 5) is 29.5. The highest BCUT2D eigenvalue weighted by Crippen LogP contribution is 2.36. The molecule has 0 unspecified atom stereocenters. The molecule has 0 bridgehead atoms. The predicted molar refractivity (Wildman–Crippen MR) is 180 cm³/mol. The Morgan fingerprint density at radius 1 is 0.957 bits per heavy atom. The second kappa shape index (κ2) is 13.4. The van der Waals surface area contributed by atoms with Crippen LogP contribution in [0.1, 0.15) is 39.0 Å². The van der Waals surface area contributed by atoms with E-state index in [2.05, 4.69) is 4.90 Å². The first-order valence-electron chi connectivity index (χ1n) is 15.2. The fraction of sp³-hybridized carbons (Fsp3) is 0.257. The zero-order valence-corrected chi connectivity index (χ0v) is 27.4. The van der Waals surface area contributed by atoms with Gasteiger partial charge in [-0.15, -0.1) is 0 Å². The third-order valence-electron chi connectivity index (χ3n) is 8.23. The zero-order valence-electron chi connectivity index (χ0n) is 25.7. The fourth-order valence-electron chi connectivity index (χ4n) is 5.79. The van der Waals surface area contributed by atoms with E-state index in [1.54, 1.807) is 26.0 Å². The van der Waals surface area contributed by atoms with E-state index in [-0.39, 0.29) is 29.7 Å². The van der Waals surface area contributed by atoms with Crippen molar-refractivity contribution in [2.75, 3.05) is 48.5 Å². The van der Waals surface area contributed by atoms with Gasteiger partial charge < -0.3 is 19.0 Å². The van der Waals surface area contributed by atoms with Crippen LogP contribution in [0.3, 0.4) is 0 Å². The van der Waals surface area contributed by atoms with Crippen molar-refractivity contribution in [3.63, 3.8) is 0 Å². The highest BCUT2D eigenvalue weighted by atomic mass is 32.2. The number of aryl methyl sites for hydroxylation is 1. The number of benzene rings is 3. The summed E-state index contributed by atoms with van der Waals surface area (Å²) < 4.78 is 41.6. The fourth-order valence-corrected chi connectivity index (χ4v) is 7.92. The molecule has 238 valence electrons. The lowest BCUT2D eigenvalue weighted by Crippen LogP contribution is -2.49. The highest BCUT2D eigenvalue weighted by Gasteiger charge is 2.31. The van der Waals surface area contributed by atoms with Crippen LogP contribution >= 0.6 is 11.3 Å². The van der Waals surface area contributed by atoms with E-state index in [1.807, 2.05) is 76.3 Å². The molecule has 0 spiro atoms. The van der Waals surface area contributed by atoms with Crippen LogP contribution in [0.5, 0.6) is 0 Å². The van der Waals surface area contributed by atoms with Crippen molar-refractivity contribution in [3.05, 3.63) is 112 Å². The number of amides is 1. The van der Waals surface area contributed by atoms with Crippen LogP contribution in [0.2, 0.25) is 0 Å². The van der Waals surface area contributed by atoms with E-state index in [1.165, 1.54) is 21.7 Å². The third kappa shape index (κ3) is 6.25. The zero-order chi connectivity index (χ0) is 32.3. The smallest absolute Gasteiger partial charge is 0.374 e. The number of para-hydroxylation sites is 2. The van der Waals surface area contributed by atoms with Crippen LogP contribution in [0.4, 0.5) is 11.4 Å². The van der Waals surface area contributed by atoms with E-state index >= 15 is 0 Å². The van der Waals surface area contributed by atoms with Crippen molar-refractivity contribution in [1.82, 2.24) is 4.90 Å². The van der Waals surface area contributed by atoms with Crippen molar-refractivity contribution in [2.45, 2.75) is 25.2 Å². The molecule has 1 aliphatic rings. The number of rotatable bonds is 10. The van der Waals surface area contributed by atoms with Gasteiger partial charge in [-0.3, -0.25) is 9.10 Å². The SMILES string of the molecule is CCOC(=O)c1oc2ccc(S(=O)(=O)N(CCc3ccccc3)c3ccccc3N3CCN(C(=O)c4ccsc4)CC3)cc2c1C. The van der Waals surface area contributed by atoms with E-state index in [4.69, 9.17) is 9.15 Å². The van der Waals surface area contributed by atoms with Crippen LogP contribution in [-0.4, -0.2) is 64.5 Å². The minimum Gasteiger partial charge on any atom is -0.460 e. The molecule has 1 saturated heterocycles. The largest absolute Gasteiger partial charge is 0.460 e. The Balaban J connectivity index is 1.34.